The fourth-order valence-corrected chi connectivity index (χ4v) is 3.40. The number of carbonyl (C=O) groups is 1. The zero-order valence-corrected chi connectivity index (χ0v) is 12.9. The fourth-order valence-electron chi connectivity index (χ4n) is 2.70. The van der Waals surface area contributed by atoms with Crippen molar-refractivity contribution in [3.05, 3.63) is 34.3 Å². The number of ether oxygens (including phenoxy) is 1. The first-order chi connectivity index (χ1) is 9.71. The Morgan fingerprint density at radius 2 is 2.25 bits per heavy atom. The third-order valence-electron chi connectivity index (χ3n) is 4.14. The summed E-state index contributed by atoms with van der Waals surface area (Å²) in [5.74, 6) is 0.0445. The summed E-state index contributed by atoms with van der Waals surface area (Å²) in [5, 5.41) is 6.26. The molecule has 1 unspecified atom stereocenters. The number of hydrogen-bond donors (Lipinski definition) is 2. The summed E-state index contributed by atoms with van der Waals surface area (Å²) in [6, 6.07) is 8.07. The summed E-state index contributed by atoms with van der Waals surface area (Å²) < 4.78 is 6.45. The van der Waals surface area contributed by atoms with E-state index in [1.165, 1.54) is 5.56 Å². The maximum Gasteiger partial charge on any atom is 0.239 e. The molecule has 0 radical (unpaired) electrons. The monoisotopic (exact) mass is 338 g/mol. The first kappa shape index (κ1) is 14.0. The van der Waals surface area contributed by atoms with Crippen LogP contribution < -0.4 is 10.6 Å². The molecule has 2 fully saturated rings. The Bertz CT molecular complexity index is 496. The Morgan fingerprint density at radius 3 is 2.90 bits per heavy atom. The van der Waals surface area contributed by atoms with E-state index in [1.807, 2.05) is 6.07 Å². The first-order valence-electron chi connectivity index (χ1n) is 7.05. The van der Waals surface area contributed by atoms with Crippen LogP contribution in [0.1, 0.15) is 18.4 Å². The third-order valence-corrected chi connectivity index (χ3v) is 4.83. The number of hydrogen-bond acceptors (Lipinski definition) is 3. The van der Waals surface area contributed by atoms with Gasteiger partial charge in [-0.3, -0.25) is 4.79 Å². The van der Waals surface area contributed by atoms with Crippen molar-refractivity contribution in [2.24, 2.45) is 0 Å². The van der Waals surface area contributed by atoms with Crippen LogP contribution in [0.5, 0.6) is 0 Å². The van der Waals surface area contributed by atoms with Crippen LogP contribution in [-0.2, 0) is 14.9 Å². The van der Waals surface area contributed by atoms with Crippen molar-refractivity contribution in [1.82, 2.24) is 10.6 Å². The number of nitrogens with one attached hydrogen (secondary N) is 2. The molecule has 1 saturated heterocycles. The Balaban J connectivity index is 1.60. The maximum atomic E-state index is 12.1. The molecular formula is C15H19BrN2O2. The lowest BCUT2D eigenvalue weighted by Gasteiger charge is -2.24. The lowest BCUT2D eigenvalue weighted by atomic mass is 9.96. The van der Waals surface area contributed by atoms with Crippen LogP contribution in [0, 0.1) is 0 Å². The van der Waals surface area contributed by atoms with E-state index in [0.717, 1.165) is 23.9 Å². The van der Waals surface area contributed by atoms with Gasteiger partial charge in [-0.2, -0.15) is 0 Å². The van der Waals surface area contributed by atoms with Crippen molar-refractivity contribution in [3.63, 3.8) is 0 Å². The molecule has 2 aliphatic rings. The molecule has 4 nitrogen and oxygen atoms in total. The summed E-state index contributed by atoms with van der Waals surface area (Å²) in [6.07, 6.45) is 2.26. The summed E-state index contributed by atoms with van der Waals surface area (Å²) in [7, 11) is 0. The Hall–Kier alpha value is -0.910. The fraction of sp³-hybridized carbons (Fsp3) is 0.533. The van der Waals surface area contributed by atoms with Gasteiger partial charge in [0.1, 0.15) is 6.04 Å². The summed E-state index contributed by atoms with van der Waals surface area (Å²) in [4.78, 5) is 12.1. The van der Waals surface area contributed by atoms with Crippen molar-refractivity contribution in [2.45, 2.75) is 24.3 Å². The topological polar surface area (TPSA) is 50.4 Å². The zero-order valence-electron chi connectivity index (χ0n) is 11.3. The van der Waals surface area contributed by atoms with E-state index < -0.39 is 0 Å². The standard InChI is InChI=1S/C15H19BrN2O2/c16-12-4-2-1-3-11(12)15(5-6-15)10-18-14(19)13-9-20-8-7-17-13/h1-4,13,17H,5-10H2,(H,18,19). The number of rotatable bonds is 4. The highest BCUT2D eigenvalue weighted by molar-refractivity contribution is 9.10. The molecule has 108 valence electrons. The summed E-state index contributed by atoms with van der Waals surface area (Å²) >= 11 is 3.61. The normalized spacial score (nSPS) is 24.1. The molecule has 3 rings (SSSR count). The van der Waals surface area contributed by atoms with Crippen molar-refractivity contribution in [3.8, 4) is 0 Å². The van der Waals surface area contributed by atoms with E-state index in [2.05, 4.69) is 44.8 Å². The van der Waals surface area contributed by atoms with Crippen LogP contribution in [0.2, 0.25) is 0 Å². The van der Waals surface area contributed by atoms with E-state index >= 15 is 0 Å². The third kappa shape index (κ3) is 2.90. The van der Waals surface area contributed by atoms with Crippen LogP contribution in [0.15, 0.2) is 28.7 Å². The van der Waals surface area contributed by atoms with Crippen molar-refractivity contribution >= 4 is 21.8 Å². The van der Waals surface area contributed by atoms with Gasteiger partial charge in [0.25, 0.3) is 0 Å². The largest absolute Gasteiger partial charge is 0.378 e. The van der Waals surface area contributed by atoms with E-state index in [1.54, 1.807) is 0 Å². The molecular weight excluding hydrogens is 320 g/mol. The lowest BCUT2D eigenvalue weighted by Crippen LogP contribution is -2.52. The molecule has 1 atom stereocenters. The van der Waals surface area contributed by atoms with Crippen molar-refractivity contribution < 1.29 is 9.53 Å². The molecule has 1 aromatic rings. The number of amides is 1. The Kier molecular flexibility index (Phi) is 4.10. The van der Waals surface area contributed by atoms with Gasteiger partial charge in [0.2, 0.25) is 5.91 Å². The second-order valence-electron chi connectivity index (χ2n) is 5.56. The Morgan fingerprint density at radius 1 is 1.45 bits per heavy atom. The predicted molar refractivity (Wildman–Crippen MR) is 80.7 cm³/mol. The number of morpholine rings is 1. The lowest BCUT2D eigenvalue weighted by molar-refractivity contribution is -0.126. The molecule has 1 aliphatic carbocycles. The molecule has 1 saturated carbocycles. The molecule has 0 spiro atoms. The second-order valence-corrected chi connectivity index (χ2v) is 6.41. The van der Waals surface area contributed by atoms with Gasteiger partial charge in [-0.1, -0.05) is 34.1 Å². The highest BCUT2D eigenvalue weighted by atomic mass is 79.9. The van der Waals surface area contributed by atoms with Gasteiger partial charge in [0.15, 0.2) is 0 Å². The molecule has 1 aliphatic heterocycles. The molecule has 0 bridgehead atoms. The van der Waals surface area contributed by atoms with Gasteiger partial charge in [-0.05, 0) is 24.5 Å². The Labute approximate surface area is 127 Å². The molecule has 2 N–H and O–H groups in total. The van der Waals surface area contributed by atoms with Crippen molar-refractivity contribution in [1.29, 1.82) is 0 Å². The van der Waals surface area contributed by atoms with E-state index in [4.69, 9.17) is 4.74 Å². The smallest absolute Gasteiger partial charge is 0.239 e. The molecule has 20 heavy (non-hydrogen) atoms. The number of halogens is 1. The minimum absolute atomic E-state index is 0.0445. The van der Waals surface area contributed by atoms with Crippen LogP contribution >= 0.6 is 15.9 Å². The van der Waals surface area contributed by atoms with Gasteiger partial charge < -0.3 is 15.4 Å². The van der Waals surface area contributed by atoms with Gasteiger partial charge in [0.05, 0.1) is 13.2 Å². The van der Waals surface area contributed by atoms with E-state index in [-0.39, 0.29) is 17.4 Å². The average molecular weight is 339 g/mol. The second kappa shape index (κ2) is 5.84. The minimum Gasteiger partial charge on any atom is -0.378 e. The number of carbonyl (C=O) groups excluding carboxylic acids is 1. The molecule has 1 aromatic carbocycles. The molecule has 1 amide bonds. The first-order valence-corrected chi connectivity index (χ1v) is 7.84. The summed E-state index contributed by atoms with van der Waals surface area (Å²) in [6.45, 7) is 2.60. The van der Waals surface area contributed by atoms with E-state index in [0.29, 0.717) is 19.8 Å². The van der Waals surface area contributed by atoms with Crippen LogP contribution in [0.4, 0.5) is 0 Å². The van der Waals surface area contributed by atoms with Gasteiger partial charge >= 0.3 is 0 Å². The van der Waals surface area contributed by atoms with Gasteiger partial charge in [-0.25, -0.2) is 0 Å². The van der Waals surface area contributed by atoms with Crippen LogP contribution in [0.3, 0.4) is 0 Å². The van der Waals surface area contributed by atoms with Gasteiger partial charge in [0, 0.05) is 23.0 Å². The van der Waals surface area contributed by atoms with E-state index in [9.17, 15) is 4.79 Å². The van der Waals surface area contributed by atoms with Crippen molar-refractivity contribution in [2.75, 3.05) is 26.3 Å². The maximum absolute atomic E-state index is 12.1. The highest BCUT2D eigenvalue weighted by Crippen LogP contribution is 2.49. The highest BCUT2D eigenvalue weighted by Gasteiger charge is 2.45. The summed E-state index contributed by atoms with van der Waals surface area (Å²) in [5.41, 5.74) is 1.42. The number of benzene rings is 1. The molecule has 1 heterocycles. The van der Waals surface area contributed by atoms with Crippen LogP contribution in [-0.4, -0.2) is 38.3 Å². The average Bonchev–Trinajstić information content (AvgIpc) is 3.27. The zero-order chi connectivity index (χ0) is 14.0. The molecule has 5 heteroatoms. The minimum atomic E-state index is -0.209. The van der Waals surface area contributed by atoms with Gasteiger partial charge in [-0.15, -0.1) is 0 Å². The van der Waals surface area contributed by atoms with Crippen LogP contribution in [0.25, 0.3) is 0 Å². The quantitative estimate of drug-likeness (QED) is 0.876. The molecule has 0 aromatic heterocycles. The SMILES string of the molecule is O=C(NCC1(c2ccccc2Br)CC1)C1COCCN1. The predicted octanol–water partition coefficient (Wildman–Crippen LogP) is 1.59.